The van der Waals surface area contributed by atoms with Gasteiger partial charge in [0.25, 0.3) is 0 Å². The first-order chi connectivity index (χ1) is 23.1. The lowest BCUT2D eigenvalue weighted by molar-refractivity contribution is 0.0674. The Bertz CT molecular complexity index is 1940. The second kappa shape index (κ2) is 14.0. The van der Waals surface area contributed by atoms with Crippen molar-refractivity contribution in [2.75, 3.05) is 25.6 Å². The summed E-state index contributed by atoms with van der Waals surface area (Å²) in [4.78, 5) is 8.72. The SMILES string of the molecule is Nc1ncnc2c1c(-c1ccc(Oc3cc(F)cc(OCc4cccn4CCOCc4ccccc4)c3)cc1)nn2C1CCOCC1. The van der Waals surface area contributed by atoms with Crippen LogP contribution in [-0.4, -0.2) is 44.1 Å². The summed E-state index contributed by atoms with van der Waals surface area (Å²) in [6.45, 7) is 3.42. The Morgan fingerprint density at radius 3 is 2.51 bits per heavy atom. The molecule has 0 amide bonds. The first kappa shape index (κ1) is 30.4. The fraction of sp³-hybridized carbons (Fsp3) is 0.250. The lowest BCUT2D eigenvalue weighted by Crippen LogP contribution is -2.20. The van der Waals surface area contributed by atoms with Crippen LogP contribution < -0.4 is 15.2 Å². The van der Waals surface area contributed by atoms with E-state index in [1.54, 1.807) is 6.07 Å². The largest absolute Gasteiger partial charge is 0.487 e. The number of ether oxygens (including phenoxy) is 4. The van der Waals surface area contributed by atoms with Gasteiger partial charge in [-0.3, -0.25) is 0 Å². The summed E-state index contributed by atoms with van der Waals surface area (Å²) in [5, 5.41) is 5.64. The molecule has 1 aliphatic rings. The lowest BCUT2D eigenvalue weighted by atomic mass is 10.1. The molecule has 47 heavy (non-hydrogen) atoms. The number of nitrogen functional groups attached to an aromatic ring is 1. The zero-order valence-corrected chi connectivity index (χ0v) is 25.8. The molecule has 0 atom stereocenters. The van der Waals surface area contributed by atoms with Gasteiger partial charge < -0.3 is 29.2 Å². The van der Waals surface area contributed by atoms with Crippen LogP contribution in [0.5, 0.6) is 17.2 Å². The average Bonchev–Trinajstić information content (AvgIpc) is 3.72. The van der Waals surface area contributed by atoms with E-state index in [4.69, 9.17) is 29.8 Å². The Kier molecular flexibility index (Phi) is 9.07. The van der Waals surface area contributed by atoms with Gasteiger partial charge >= 0.3 is 0 Å². The van der Waals surface area contributed by atoms with Crippen molar-refractivity contribution in [3.63, 3.8) is 0 Å². The minimum atomic E-state index is -0.459. The maximum atomic E-state index is 14.6. The van der Waals surface area contributed by atoms with Crippen LogP contribution in [0, 0.1) is 5.82 Å². The van der Waals surface area contributed by atoms with Crippen molar-refractivity contribution >= 4 is 16.9 Å². The van der Waals surface area contributed by atoms with Crippen molar-refractivity contribution in [3.8, 4) is 28.5 Å². The second-order valence-corrected chi connectivity index (χ2v) is 11.4. The van der Waals surface area contributed by atoms with Gasteiger partial charge in [-0.25, -0.2) is 19.0 Å². The number of hydrogen-bond donors (Lipinski definition) is 1. The third-order valence-electron chi connectivity index (χ3n) is 8.16. The van der Waals surface area contributed by atoms with Crippen LogP contribution in [0.3, 0.4) is 0 Å². The highest BCUT2D eigenvalue weighted by Crippen LogP contribution is 2.35. The minimum Gasteiger partial charge on any atom is -0.487 e. The van der Waals surface area contributed by atoms with Gasteiger partial charge in [0, 0.05) is 49.7 Å². The zero-order chi connectivity index (χ0) is 32.0. The summed E-state index contributed by atoms with van der Waals surface area (Å²) in [5.74, 6) is 1.14. The van der Waals surface area contributed by atoms with Gasteiger partial charge in [-0.1, -0.05) is 30.3 Å². The van der Waals surface area contributed by atoms with Gasteiger partial charge in [-0.15, -0.1) is 0 Å². The van der Waals surface area contributed by atoms with Crippen LogP contribution in [0.4, 0.5) is 10.2 Å². The third-order valence-corrected chi connectivity index (χ3v) is 8.16. The Hall–Kier alpha value is -5.26. The second-order valence-electron chi connectivity index (χ2n) is 11.4. The summed E-state index contributed by atoms with van der Waals surface area (Å²) in [6.07, 6.45) is 5.15. The maximum absolute atomic E-state index is 14.6. The van der Waals surface area contributed by atoms with Crippen LogP contribution in [0.15, 0.2) is 97.5 Å². The molecule has 0 spiro atoms. The van der Waals surface area contributed by atoms with Crippen molar-refractivity contribution in [1.29, 1.82) is 0 Å². The van der Waals surface area contributed by atoms with Crippen LogP contribution in [-0.2, 0) is 29.2 Å². The number of rotatable bonds is 12. The molecule has 0 aliphatic carbocycles. The molecule has 0 unspecified atom stereocenters. The Morgan fingerprint density at radius 2 is 1.68 bits per heavy atom. The molecule has 10 nitrogen and oxygen atoms in total. The number of benzene rings is 3. The van der Waals surface area contributed by atoms with Crippen molar-refractivity contribution in [2.45, 2.75) is 38.6 Å². The van der Waals surface area contributed by atoms with Gasteiger partial charge in [0.2, 0.25) is 0 Å². The van der Waals surface area contributed by atoms with Crippen molar-refractivity contribution in [1.82, 2.24) is 24.3 Å². The Morgan fingerprint density at radius 1 is 0.872 bits per heavy atom. The average molecular weight is 635 g/mol. The highest BCUT2D eigenvalue weighted by atomic mass is 19.1. The fourth-order valence-corrected chi connectivity index (χ4v) is 5.76. The predicted octanol–water partition coefficient (Wildman–Crippen LogP) is 6.96. The molecule has 1 saturated heterocycles. The van der Waals surface area contributed by atoms with Crippen LogP contribution in [0.1, 0.15) is 30.1 Å². The number of halogens is 1. The van der Waals surface area contributed by atoms with Crippen LogP contribution in [0.25, 0.3) is 22.3 Å². The molecule has 2 N–H and O–H groups in total. The molecule has 6 aromatic rings. The number of anilines is 1. The molecule has 4 heterocycles. The van der Waals surface area contributed by atoms with E-state index in [0.29, 0.717) is 72.8 Å². The van der Waals surface area contributed by atoms with Crippen molar-refractivity contribution in [2.24, 2.45) is 0 Å². The number of nitrogens with two attached hydrogens (primary N) is 1. The van der Waals surface area contributed by atoms with E-state index in [2.05, 4.69) is 14.5 Å². The van der Waals surface area contributed by atoms with Crippen LogP contribution in [0.2, 0.25) is 0 Å². The van der Waals surface area contributed by atoms with E-state index >= 15 is 0 Å². The smallest absolute Gasteiger partial charge is 0.164 e. The van der Waals surface area contributed by atoms with E-state index in [-0.39, 0.29) is 12.6 Å². The molecule has 0 saturated carbocycles. The maximum Gasteiger partial charge on any atom is 0.164 e. The molecule has 0 radical (unpaired) electrons. The van der Waals surface area contributed by atoms with E-state index in [0.717, 1.165) is 29.7 Å². The number of aromatic nitrogens is 5. The van der Waals surface area contributed by atoms with Crippen molar-refractivity contribution < 1.29 is 23.3 Å². The minimum absolute atomic E-state index is 0.171. The quantitative estimate of drug-likeness (QED) is 0.144. The molecular formula is C36H35FN6O4. The molecule has 1 aliphatic heterocycles. The summed E-state index contributed by atoms with van der Waals surface area (Å²) in [5.41, 5.74) is 10.6. The van der Waals surface area contributed by atoms with Crippen molar-refractivity contribution in [3.05, 3.63) is 115 Å². The molecule has 11 heteroatoms. The highest BCUT2D eigenvalue weighted by molar-refractivity contribution is 5.98. The number of hydrogen-bond acceptors (Lipinski definition) is 8. The molecule has 240 valence electrons. The first-order valence-electron chi connectivity index (χ1n) is 15.6. The molecular weight excluding hydrogens is 599 g/mol. The van der Waals surface area contributed by atoms with E-state index in [1.807, 2.05) is 77.6 Å². The fourth-order valence-electron chi connectivity index (χ4n) is 5.76. The summed E-state index contributed by atoms with van der Waals surface area (Å²) in [6, 6.07) is 25.9. The Labute approximate surface area is 271 Å². The van der Waals surface area contributed by atoms with Gasteiger partial charge in [-0.05, 0) is 54.8 Å². The van der Waals surface area contributed by atoms with E-state index in [1.165, 1.54) is 18.5 Å². The van der Waals surface area contributed by atoms with E-state index < -0.39 is 5.82 Å². The highest BCUT2D eigenvalue weighted by Gasteiger charge is 2.24. The monoisotopic (exact) mass is 634 g/mol. The summed E-state index contributed by atoms with van der Waals surface area (Å²) < 4.78 is 42.0. The first-order valence-corrected chi connectivity index (χ1v) is 15.6. The molecule has 7 rings (SSSR count). The third kappa shape index (κ3) is 7.11. The summed E-state index contributed by atoms with van der Waals surface area (Å²) >= 11 is 0. The molecule has 1 fully saturated rings. The molecule has 3 aromatic carbocycles. The van der Waals surface area contributed by atoms with Crippen LogP contribution >= 0.6 is 0 Å². The number of fused-ring (bicyclic) bond motifs is 1. The van der Waals surface area contributed by atoms with Gasteiger partial charge in [-0.2, -0.15) is 5.10 Å². The molecule has 3 aromatic heterocycles. The van der Waals surface area contributed by atoms with E-state index in [9.17, 15) is 4.39 Å². The summed E-state index contributed by atoms with van der Waals surface area (Å²) in [7, 11) is 0. The Balaban J connectivity index is 1.00. The lowest BCUT2D eigenvalue weighted by Gasteiger charge is -2.22. The predicted molar refractivity (Wildman–Crippen MR) is 176 cm³/mol. The van der Waals surface area contributed by atoms with Gasteiger partial charge in [0.1, 0.15) is 47.5 Å². The van der Waals surface area contributed by atoms with Gasteiger partial charge in [0.05, 0.1) is 30.3 Å². The normalized spacial score (nSPS) is 13.6. The zero-order valence-electron chi connectivity index (χ0n) is 25.8. The topological polar surface area (TPSA) is 111 Å². The standard InChI is InChI=1S/C36H35FN6O4/c37-27-19-31(46-23-29-7-4-14-42(29)15-18-45-22-25-5-2-1-3-6-25)21-32(20-27)47-30-10-8-26(9-11-30)34-33-35(38)39-24-40-36(33)43(41-34)28-12-16-44-17-13-28/h1-11,14,19-21,24,28H,12-13,15-18,22-23H2,(H2,38,39,40). The number of nitrogens with zero attached hydrogens (tertiary/aromatic N) is 5. The molecule has 0 bridgehead atoms. The van der Waals surface area contributed by atoms with Gasteiger partial charge in [0.15, 0.2) is 5.65 Å².